The molecule has 0 radical (unpaired) electrons. The standard InChI is InChI=1S/C11H26N2O2/c1-12-6-7-13(2)8-11-15-10-5-4-9-14-3/h12H,4-11H2,1-3H3. The first-order valence-corrected chi connectivity index (χ1v) is 5.71. The highest BCUT2D eigenvalue weighted by molar-refractivity contribution is 4.51. The maximum Gasteiger partial charge on any atom is 0.0593 e. The first kappa shape index (κ1) is 14.8. The molecule has 4 nitrogen and oxygen atoms in total. The fourth-order valence-corrected chi connectivity index (χ4v) is 1.19. The molecule has 0 aliphatic rings. The number of nitrogens with one attached hydrogen (secondary N) is 1. The van der Waals surface area contributed by atoms with Crippen molar-refractivity contribution in [3.05, 3.63) is 0 Å². The monoisotopic (exact) mass is 218 g/mol. The van der Waals surface area contributed by atoms with Crippen LogP contribution in [-0.4, -0.2) is 65.6 Å². The molecule has 0 spiro atoms. The van der Waals surface area contributed by atoms with Gasteiger partial charge >= 0.3 is 0 Å². The van der Waals surface area contributed by atoms with E-state index in [1.807, 2.05) is 7.05 Å². The summed E-state index contributed by atoms with van der Waals surface area (Å²) >= 11 is 0. The molecule has 0 aliphatic heterocycles. The largest absolute Gasteiger partial charge is 0.385 e. The third-order valence-electron chi connectivity index (χ3n) is 2.25. The Morgan fingerprint density at radius 3 is 2.47 bits per heavy atom. The number of unbranched alkanes of at least 4 members (excludes halogenated alkanes) is 1. The van der Waals surface area contributed by atoms with Gasteiger partial charge in [0.25, 0.3) is 0 Å². The second-order valence-electron chi connectivity index (χ2n) is 3.72. The smallest absolute Gasteiger partial charge is 0.0593 e. The number of likely N-dealkylation sites (N-methyl/N-ethyl adjacent to an activating group) is 2. The van der Waals surface area contributed by atoms with Crippen LogP contribution >= 0.6 is 0 Å². The fraction of sp³-hybridized carbons (Fsp3) is 1.00. The van der Waals surface area contributed by atoms with Gasteiger partial charge < -0.3 is 19.7 Å². The van der Waals surface area contributed by atoms with E-state index in [0.29, 0.717) is 0 Å². The normalized spacial score (nSPS) is 11.2. The van der Waals surface area contributed by atoms with Gasteiger partial charge in [-0.1, -0.05) is 0 Å². The average molecular weight is 218 g/mol. The van der Waals surface area contributed by atoms with Crippen LogP contribution < -0.4 is 5.32 Å². The van der Waals surface area contributed by atoms with Crippen molar-refractivity contribution < 1.29 is 9.47 Å². The van der Waals surface area contributed by atoms with Gasteiger partial charge in [-0.25, -0.2) is 0 Å². The summed E-state index contributed by atoms with van der Waals surface area (Å²) in [5, 5.41) is 3.13. The number of hydrogen-bond donors (Lipinski definition) is 1. The van der Waals surface area contributed by atoms with Gasteiger partial charge in [-0.2, -0.15) is 0 Å². The van der Waals surface area contributed by atoms with E-state index in [1.165, 1.54) is 0 Å². The molecule has 0 unspecified atom stereocenters. The van der Waals surface area contributed by atoms with Gasteiger partial charge in [0.15, 0.2) is 0 Å². The Hall–Kier alpha value is -0.160. The van der Waals surface area contributed by atoms with Crippen molar-refractivity contribution >= 4 is 0 Å². The molecule has 0 heterocycles. The second kappa shape index (κ2) is 11.9. The summed E-state index contributed by atoms with van der Waals surface area (Å²) in [7, 11) is 5.82. The van der Waals surface area contributed by atoms with Crippen molar-refractivity contribution in [2.75, 3.05) is 60.7 Å². The fourth-order valence-electron chi connectivity index (χ4n) is 1.19. The predicted molar refractivity (Wildman–Crippen MR) is 63.4 cm³/mol. The van der Waals surface area contributed by atoms with Gasteiger partial charge in [-0.05, 0) is 26.9 Å². The predicted octanol–water partition coefficient (Wildman–Crippen LogP) is 0.581. The quantitative estimate of drug-likeness (QED) is 0.514. The summed E-state index contributed by atoms with van der Waals surface area (Å²) < 4.78 is 10.5. The van der Waals surface area contributed by atoms with Crippen LogP contribution in [0.25, 0.3) is 0 Å². The van der Waals surface area contributed by atoms with Crippen LogP contribution in [0.2, 0.25) is 0 Å². The van der Waals surface area contributed by atoms with Crippen molar-refractivity contribution in [2.24, 2.45) is 0 Å². The highest BCUT2D eigenvalue weighted by Gasteiger charge is 1.96. The van der Waals surface area contributed by atoms with Gasteiger partial charge in [-0.3, -0.25) is 0 Å². The molecular formula is C11H26N2O2. The maximum absolute atomic E-state index is 5.51. The third-order valence-corrected chi connectivity index (χ3v) is 2.25. The molecule has 0 saturated heterocycles. The van der Waals surface area contributed by atoms with Crippen LogP contribution in [0, 0.1) is 0 Å². The molecule has 0 saturated carbocycles. The zero-order valence-corrected chi connectivity index (χ0v) is 10.4. The average Bonchev–Trinajstić information content (AvgIpc) is 2.25. The van der Waals surface area contributed by atoms with Gasteiger partial charge in [0.2, 0.25) is 0 Å². The first-order chi connectivity index (χ1) is 7.31. The summed E-state index contributed by atoms with van der Waals surface area (Å²) in [5.74, 6) is 0. The lowest BCUT2D eigenvalue weighted by Crippen LogP contribution is -2.30. The van der Waals surface area contributed by atoms with Gasteiger partial charge in [-0.15, -0.1) is 0 Å². The molecule has 92 valence electrons. The molecule has 15 heavy (non-hydrogen) atoms. The van der Waals surface area contributed by atoms with Crippen molar-refractivity contribution in [3.63, 3.8) is 0 Å². The molecule has 0 aromatic rings. The maximum atomic E-state index is 5.51. The Labute approximate surface area is 93.9 Å². The van der Waals surface area contributed by atoms with Crippen LogP contribution in [0.5, 0.6) is 0 Å². The van der Waals surface area contributed by atoms with E-state index in [-0.39, 0.29) is 0 Å². The molecule has 0 fully saturated rings. The van der Waals surface area contributed by atoms with Crippen LogP contribution in [0.4, 0.5) is 0 Å². The minimum atomic E-state index is 0.827. The van der Waals surface area contributed by atoms with E-state index in [4.69, 9.17) is 9.47 Å². The Kier molecular flexibility index (Phi) is 11.8. The van der Waals surface area contributed by atoms with Crippen LogP contribution in [-0.2, 0) is 9.47 Å². The number of nitrogens with zero attached hydrogens (tertiary/aromatic N) is 1. The zero-order chi connectivity index (χ0) is 11.4. The lowest BCUT2D eigenvalue weighted by Gasteiger charge is -2.15. The first-order valence-electron chi connectivity index (χ1n) is 5.71. The second-order valence-corrected chi connectivity index (χ2v) is 3.72. The SMILES string of the molecule is CNCCN(C)CCOCCCCOC. The number of ether oxygens (including phenoxy) is 2. The van der Waals surface area contributed by atoms with Crippen molar-refractivity contribution in [1.82, 2.24) is 10.2 Å². The van der Waals surface area contributed by atoms with E-state index in [0.717, 1.165) is 52.3 Å². The van der Waals surface area contributed by atoms with E-state index >= 15 is 0 Å². The topological polar surface area (TPSA) is 33.7 Å². The Bertz CT molecular complexity index is 123. The molecule has 0 aliphatic carbocycles. The Morgan fingerprint density at radius 2 is 1.80 bits per heavy atom. The van der Waals surface area contributed by atoms with E-state index in [2.05, 4.69) is 17.3 Å². The van der Waals surface area contributed by atoms with Gasteiger partial charge in [0.1, 0.15) is 0 Å². The summed E-state index contributed by atoms with van der Waals surface area (Å²) in [4.78, 5) is 2.27. The summed E-state index contributed by atoms with van der Waals surface area (Å²) in [6.45, 7) is 5.63. The minimum Gasteiger partial charge on any atom is -0.385 e. The van der Waals surface area contributed by atoms with Gasteiger partial charge in [0, 0.05) is 40.0 Å². The Morgan fingerprint density at radius 1 is 1.07 bits per heavy atom. The lowest BCUT2D eigenvalue weighted by molar-refractivity contribution is 0.101. The molecule has 0 rings (SSSR count). The van der Waals surface area contributed by atoms with Crippen LogP contribution in [0.3, 0.4) is 0 Å². The highest BCUT2D eigenvalue weighted by Crippen LogP contribution is 1.91. The summed E-state index contributed by atoms with van der Waals surface area (Å²) in [6, 6.07) is 0. The van der Waals surface area contributed by atoms with Crippen molar-refractivity contribution in [3.8, 4) is 0 Å². The molecule has 0 aromatic carbocycles. The number of methoxy groups -OCH3 is 1. The van der Waals surface area contributed by atoms with E-state index in [9.17, 15) is 0 Å². The number of rotatable bonds is 11. The molecule has 0 bridgehead atoms. The highest BCUT2D eigenvalue weighted by atomic mass is 16.5. The molecule has 0 aromatic heterocycles. The van der Waals surface area contributed by atoms with Gasteiger partial charge in [0.05, 0.1) is 6.61 Å². The molecule has 0 amide bonds. The molecule has 4 heteroatoms. The summed E-state index contributed by atoms with van der Waals surface area (Å²) in [6.07, 6.45) is 2.18. The Balaban J connectivity index is 3.02. The van der Waals surface area contributed by atoms with Crippen LogP contribution in [0.15, 0.2) is 0 Å². The van der Waals surface area contributed by atoms with E-state index in [1.54, 1.807) is 7.11 Å². The molecule has 1 N–H and O–H groups in total. The lowest BCUT2D eigenvalue weighted by atomic mass is 10.3. The number of hydrogen-bond acceptors (Lipinski definition) is 4. The third kappa shape index (κ3) is 11.8. The van der Waals surface area contributed by atoms with E-state index < -0.39 is 0 Å². The zero-order valence-electron chi connectivity index (χ0n) is 10.4. The van der Waals surface area contributed by atoms with Crippen LogP contribution in [0.1, 0.15) is 12.8 Å². The minimum absolute atomic E-state index is 0.827. The van der Waals surface area contributed by atoms with Crippen molar-refractivity contribution in [1.29, 1.82) is 0 Å². The molecule has 0 atom stereocenters. The summed E-state index contributed by atoms with van der Waals surface area (Å²) in [5.41, 5.74) is 0. The van der Waals surface area contributed by atoms with Crippen molar-refractivity contribution in [2.45, 2.75) is 12.8 Å². The molecular weight excluding hydrogens is 192 g/mol.